The first-order chi connectivity index (χ1) is 8.99. The predicted molar refractivity (Wildman–Crippen MR) is 74.9 cm³/mol. The lowest BCUT2D eigenvalue weighted by molar-refractivity contribution is -0.129. The maximum atomic E-state index is 12.7. The average Bonchev–Trinajstić information content (AvgIpc) is 2.79. The number of ketones is 1. The summed E-state index contributed by atoms with van der Waals surface area (Å²) in [5, 5.41) is 0. The smallest absolute Gasteiger partial charge is 0.152 e. The fourth-order valence-electron chi connectivity index (χ4n) is 4.66. The first kappa shape index (κ1) is 13.6. The molecule has 1 saturated carbocycles. The minimum Gasteiger partial charge on any atom is -0.381 e. The highest BCUT2D eigenvalue weighted by molar-refractivity contribution is 5.87. The second-order valence-corrected chi connectivity index (χ2v) is 7.27. The Balaban J connectivity index is 1.82. The standard InChI is InChI=1S/C16H27NO2/c1-10(2)15(18)14-13-12(9-17(14)11(3)4)16(13)5-7-19-8-6-16/h10-14H,5-9H2,1-4H3/t12-,13-,14-/m0/s1. The first-order valence-corrected chi connectivity index (χ1v) is 7.86. The van der Waals surface area contributed by atoms with E-state index in [2.05, 4.69) is 18.7 Å². The van der Waals surface area contributed by atoms with Crippen molar-refractivity contribution in [2.75, 3.05) is 19.8 Å². The van der Waals surface area contributed by atoms with E-state index in [4.69, 9.17) is 4.74 Å². The molecule has 3 fully saturated rings. The molecule has 0 amide bonds. The van der Waals surface area contributed by atoms with Crippen LogP contribution in [-0.2, 0) is 9.53 Å². The minimum absolute atomic E-state index is 0.155. The number of ether oxygens (including phenoxy) is 1. The van der Waals surface area contributed by atoms with Crippen LogP contribution in [0.1, 0.15) is 40.5 Å². The van der Waals surface area contributed by atoms with E-state index in [0.717, 1.165) is 25.7 Å². The van der Waals surface area contributed by atoms with Crippen molar-refractivity contribution < 1.29 is 9.53 Å². The van der Waals surface area contributed by atoms with Crippen molar-refractivity contribution in [3.63, 3.8) is 0 Å². The Bertz CT molecular complexity index is 371. The van der Waals surface area contributed by atoms with Crippen molar-refractivity contribution in [2.24, 2.45) is 23.2 Å². The maximum Gasteiger partial charge on any atom is 0.152 e. The van der Waals surface area contributed by atoms with E-state index >= 15 is 0 Å². The summed E-state index contributed by atoms with van der Waals surface area (Å²) in [6.45, 7) is 11.5. The van der Waals surface area contributed by atoms with Gasteiger partial charge in [0.1, 0.15) is 0 Å². The zero-order valence-electron chi connectivity index (χ0n) is 12.7. The summed E-state index contributed by atoms with van der Waals surface area (Å²) in [6.07, 6.45) is 2.35. The summed E-state index contributed by atoms with van der Waals surface area (Å²) in [6, 6.07) is 0.667. The lowest BCUT2D eigenvalue weighted by atomic mass is 9.85. The first-order valence-electron chi connectivity index (χ1n) is 7.86. The second kappa shape index (κ2) is 4.56. The molecule has 3 nitrogen and oxygen atoms in total. The van der Waals surface area contributed by atoms with Crippen LogP contribution in [0.15, 0.2) is 0 Å². The normalized spacial score (nSPS) is 37.1. The molecule has 0 aromatic carbocycles. The van der Waals surface area contributed by atoms with Crippen LogP contribution in [-0.4, -0.2) is 42.5 Å². The molecular formula is C16H27NO2. The number of fused-ring (bicyclic) bond motifs is 3. The molecular weight excluding hydrogens is 238 g/mol. The van der Waals surface area contributed by atoms with Gasteiger partial charge >= 0.3 is 0 Å². The molecule has 2 heterocycles. The van der Waals surface area contributed by atoms with Crippen LogP contribution in [0, 0.1) is 23.2 Å². The van der Waals surface area contributed by atoms with Gasteiger partial charge in [0.25, 0.3) is 0 Å². The van der Waals surface area contributed by atoms with Gasteiger partial charge in [-0.3, -0.25) is 9.69 Å². The molecule has 0 unspecified atom stereocenters. The van der Waals surface area contributed by atoms with Crippen LogP contribution in [0.3, 0.4) is 0 Å². The topological polar surface area (TPSA) is 29.5 Å². The number of likely N-dealkylation sites (tertiary alicyclic amines) is 1. The van der Waals surface area contributed by atoms with Gasteiger partial charge in [-0.2, -0.15) is 0 Å². The third-order valence-electron chi connectivity index (χ3n) is 5.78. The molecule has 108 valence electrons. The average molecular weight is 265 g/mol. The van der Waals surface area contributed by atoms with Gasteiger partial charge in [0, 0.05) is 31.7 Å². The maximum absolute atomic E-state index is 12.7. The number of carbonyl (C=O) groups excluding carboxylic acids is 1. The van der Waals surface area contributed by atoms with Gasteiger partial charge in [0.15, 0.2) is 5.78 Å². The van der Waals surface area contributed by atoms with E-state index in [0.29, 0.717) is 23.2 Å². The highest BCUT2D eigenvalue weighted by atomic mass is 16.5. The molecule has 0 aromatic heterocycles. The Kier molecular flexibility index (Phi) is 3.25. The molecule has 0 bridgehead atoms. The third-order valence-corrected chi connectivity index (χ3v) is 5.78. The Morgan fingerprint density at radius 1 is 1.21 bits per heavy atom. The fraction of sp³-hybridized carbons (Fsp3) is 0.938. The predicted octanol–water partition coefficient (Wildman–Crippen LogP) is 2.35. The van der Waals surface area contributed by atoms with Gasteiger partial charge in [0.05, 0.1) is 6.04 Å². The highest BCUT2D eigenvalue weighted by Gasteiger charge is 2.72. The highest BCUT2D eigenvalue weighted by Crippen LogP contribution is 2.70. The van der Waals surface area contributed by atoms with Crippen molar-refractivity contribution in [3.8, 4) is 0 Å². The van der Waals surface area contributed by atoms with Crippen LogP contribution < -0.4 is 0 Å². The summed E-state index contributed by atoms with van der Waals surface area (Å²) >= 11 is 0. The Labute approximate surface area is 116 Å². The Morgan fingerprint density at radius 3 is 2.37 bits per heavy atom. The van der Waals surface area contributed by atoms with E-state index < -0.39 is 0 Å². The molecule has 0 radical (unpaired) electrons. The molecule has 2 aliphatic heterocycles. The number of nitrogens with zero attached hydrogens (tertiary/aromatic N) is 1. The summed E-state index contributed by atoms with van der Waals surface area (Å²) in [7, 11) is 0. The van der Waals surface area contributed by atoms with Crippen molar-refractivity contribution >= 4 is 5.78 Å². The SMILES string of the molecule is CC(C)C(=O)[C@@H]1[C@@H]2[C@H](CN1C(C)C)C21CCOCC1. The molecule has 1 aliphatic carbocycles. The number of carbonyl (C=O) groups is 1. The van der Waals surface area contributed by atoms with Crippen LogP contribution in [0.25, 0.3) is 0 Å². The molecule has 19 heavy (non-hydrogen) atoms. The zero-order chi connectivity index (χ0) is 13.8. The third kappa shape index (κ3) is 1.89. The van der Waals surface area contributed by atoms with Gasteiger partial charge in [-0.15, -0.1) is 0 Å². The van der Waals surface area contributed by atoms with Gasteiger partial charge in [-0.1, -0.05) is 13.8 Å². The van der Waals surface area contributed by atoms with Crippen LogP contribution in [0.5, 0.6) is 0 Å². The molecule has 3 atom stereocenters. The zero-order valence-corrected chi connectivity index (χ0v) is 12.7. The molecule has 2 saturated heterocycles. The molecule has 0 aromatic rings. The van der Waals surface area contributed by atoms with Crippen molar-refractivity contribution in [2.45, 2.75) is 52.6 Å². The number of hydrogen-bond donors (Lipinski definition) is 0. The number of rotatable bonds is 3. The minimum atomic E-state index is 0.155. The van der Waals surface area contributed by atoms with Crippen molar-refractivity contribution in [1.29, 1.82) is 0 Å². The molecule has 1 spiro atoms. The van der Waals surface area contributed by atoms with E-state index in [1.54, 1.807) is 0 Å². The number of piperidine rings is 1. The van der Waals surface area contributed by atoms with E-state index in [1.165, 1.54) is 12.8 Å². The van der Waals surface area contributed by atoms with Crippen LogP contribution in [0.4, 0.5) is 0 Å². The van der Waals surface area contributed by atoms with Gasteiger partial charge in [0.2, 0.25) is 0 Å². The van der Waals surface area contributed by atoms with Gasteiger partial charge in [-0.05, 0) is 43.9 Å². The molecule has 3 heteroatoms. The van der Waals surface area contributed by atoms with Crippen LogP contribution in [0.2, 0.25) is 0 Å². The summed E-state index contributed by atoms with van der Waals surface area (Å²) in [5.41, 5.74) is 0.457. The fourth-order valence-corrected chi connectivity index (χ4v) is 4.66. The lowest BCUT2D eigenvalue weighted by Gasteiger charge is -2.37. The summed E-state index contributed by atoms with van der Waals surface area (Å²) < 4.78 is 5.53. The van der Waals surface area contributed by atoms with E-state index in [9.17, 15) is 4.79 Å². The van der Waals surface area contributed by atoms with Crippen molar-refractivity contribution in [1.82, 2.24) is 4.90 Å². The number of hydrogen-bond acceptors (Lipinski definition) is 3. The summed E-state index contributed by atoms with van der Waals surface area (Å²) in [5.74, 6) is 1.99. The number of Topliss-reactive ketones (excluding diaryl/α,β-unsaturated/α-hetero) is 1. The van der Waals surface area contributed by atoms with E-state index in [1.807, 2.05) is 13.8 Å². The monoisotopic (exact) mass is 265 g/mol. The quantitative estimate of drug-likeness (QED) is 0.784. The Morgan fingerprint density at radius 2 is 1.84 bits per heavy atom. The van der Waals surface area contributed by atoms with Crippen LogP contribution >= 0.6 is 0 Å². The Hall–Kier alpha value is -0.410. The van der Waals surface area contributed by atoms with Gasteiger partial charge < -0.3 is 4.74 Å². The summed E-state index contributed by atoms with van der Waals surface area (Å²) in [4.78, 5) is 15.1. The molecule has 3 aliphatic rings. The molecule has 0 N–H and O–H groups in total. The largest absolute Gasteiger partial charge is 0.381 e. The molecule has 3 rings (SSSR count). The van der Waals surface area contributed by atoms with Gasteiger partial charge in [-0.25, -0.2) is 0 Å². The lowest BCUT2D eigenvalue weighted by Crippen LogP contribution is -2.48. The van der Waals surface area contributed by atoms with Crippen molar-refractivity contribution in [3.05, 3.63) is 0 Å². The second-order valence-electron chi connectivity index (χ2n) is 7.27. The van der Waals surface area contributed by atoms with E-state index in [-0.39, 0.29) is 12.0 Å².